The van der Waals surface area contributed by atoms with Crippen LogP contribution in [-0.2, 0) is 16.1 Å². The van der Waals surface area contributed by atoms with E-state index in [0.717, 1.165) is 36.9 Å². The van der Waals surface area contributed by atoms with Crippen molar-refractivity contribution in [1.29, 1.82) is 0 Å². The van der Waals surface area contributed by atoms with Gasteiger partial charge in [-0.25, -0.2) is 0 Å². The van der Waals surface area contributed by atoms with Crippen molar-refractivity contribution in [1.82, 2.24) is 5.32 Å². The summed E-state index contributed by atoms with van der Waals surface area (Å²) in [5.74, 6) is 0.831. The zero-order valence-electron chi connectivity index (χ0n) is 20.3. The fraction of sp³-hybridized carbons (Fsp3) is 0.500. The second-order valence-corrected chi connectivity index (χ2v) is 9.97. The molecule has 182 valence electrons. The molecule has 6 nitrogen and oxygen atoms in total. The molecule has 2 aliphatic rings. The molecule has 2 amide bonds. The highest BCUT2D eigenvalue weighted by Crippen LogP contribution is 2.33. The molecule has 0 radical (unpaired) electrons. The number of nitrogens with one attached hydrogen (secondary N) is 1. The molecule has 1 aliphatic carbocycles. The molecular formula is C28H37N3O3. The van der Waals surface area contributed by atoms with Crippen LogP contribution in [0, 0.1) is 11.8 Å². The highest BCUT2D eigenvalue weighted by Gasteiger charge is 2.34. The molecular weight excluding hydrogens is 426 g/mol. The van der Waals surface area contributed by atoms with E-state index in [2.05, 4.69) is 43.4 Å². The molecule has 0 unspecified atom stereocenters. The lowest BCUT2D eigenvalue weighted by molar-refractivity contribution is -0.125. The Hall–Kier alpha value is -2.86. The smallest absolute Gasteiger partial charge is 0.248 e. The molecule has 2 aromatic rings. The standard InChI is InChI=1S/C28H37N3O3/c1-19(2)21-14-12-20(13-15-21)17-31-25-10-6-7-11-26(25)34-18-24(28(31)33)30-16-23(27(29)32)22-8-4-3-5-9-22/h6-7,10-15,19,22-24,30H,3-5,8-9,16-18H2,1-2H3,(H2,29,32)/t23-,24-/m0/s1. The van der Waals surface area contributed by atoms with E-state index in [9.17, 15) is 9.59 Å². The third-order valence-corrected chi connectivity index (χ3v) is 7.28. The summed E-state index contributed by atoms with van der Waals surface area (Å²) in [5, 5.41) is 3.35. The largest absolute Gasteiger partial charge is 0.489 e. The Labute approximate surface area is 202 Å². The summed E-state index contributed by atoms with van der Waals surface area (Å²) >= 11 is 0. The van der Waals surface area contributed by atoms with Gasteiger partial charge >= 0.3 is 0 Å². The number of fused-ring (bicyclic) bond motifs is 1. The van der Waals surface area contributed by atoms with Crippen LogP contribution in [0.2, 0.25) is 0 Å². The average Bonchev–Trinajstić information content (AvgIpc) is 2.97. The Morgan fingerprint density at radius 3 is 2.47 bits per heavy atom. The molecule has 1 fully saturated rings. The number of para-hydroxylation sites is 2. The van der Waals surface area contributed by atoms with E-state index in [4.69, 9.17) is 10.5 Å². The summed E-state index contributed by atoms with van der Waals surface area (Å²) in [6, 6.07) is 15.5. The molecule has 2 aromatic carbocycles. The zero-order chi connectivity index (χ0) is 24.1. The van der Waals surface area contributed by atoms with Gasteiger partial charge in [0, 0.05) is 6.54 Å². The van der Waals surface area contributed by atoms with Gasteiger partial charge in [-0.1, -0.05) is 69.5 Å². The van der Waals surface area contributed by atoms with Crippen LogP contribution in [0.15, 0.2) is 48.5 Å². The lowest BCUT2D eigenvalue weighted by Crippen LogP contribution is -2.51. The fourth-order valence-electron chi connectivity index (χ4n) is 5.16. The molecule has 2 atom stereocenters. The number of nitrogens with two attached hydrogens (primary N) is 1. The van der Waals surface area contributed by atoms with Gasteiger partial charge in [0.05, 0.1) is 18.2 Å². The van der Waals surface area contributed by atoms with E-state index in [1.54, 1.807) is 4.90 Å². The molecule has 6 heteroatoms. The molecule has 1 aliphatic heterocycles. The van der Waals surface area contributed by atoms with Crippen molar-refractivity contribution < 1.29 is 14.3 Å². The molecule has 3 N–H and O–H groups in total. The van der Waals surface area contributed by atoms with Crippen molar-refractivity contribution in [2.75, 3.05) is 18.1 Å². The number of ether oxygens (including phenoxy) is 1. The third-order valence-electron chi connectivity index (χ3n) is 7.28. The van der Waals surface area contributed by atoms with Gasteiger partial charge in [0.2, 0.25) is 11.8 Å². The minimum atomic E-state index is -0.548. The number of anilines is 1. The second kappa shape index (κ2) is 11.0. The van der Waals surface area contributed by atoms with E-state index >= 15 is 0 Å². The van der Waals surface area contributed by atoms with Gasteiger partial charge in [-0.2, -0.15) is 0 Å². The number of amides is 2. The molecule has 34 heavy (non-hydrogen) atoms. The van der Waals surface area contributed by atoms with Crippen molar-refractivity contribution in [3.8, 4) is 5.75 Å². The molecule has 0 aromatic heterocycles. The summed E-state index contributed by atoms with van der Waals surface area (Å²) in [4.78, 5) is 27.7. The van der Waals surface area contributed by atoms with Crippen LogP contribution >= 0.6 is 0 Å². The number of primary amides is 1. The van der Waals surface area contributed by atoms with Gasteiger partial charge in [0.1, 0.15) is 18.4 Å². The molecule has 0 spiro atoms. The quantitative estimate of drug-likeness (QED) is 0.609. The zero-order valence-corrected chi connectivity index (χ0v) is 20.3. The van der Waals surface area contributed by atoms with Crippen molar-refractivity contribution in [3.63, 3.8) is 0 Å². The lowest BCUT2D eigenvalue weighted by Gasteiger charge is -2.30. The van der Waals surface area contributed by atoms with E-state index in [0.29, 0.717) is 24.8 Å². The maximum Gasteiger partial charge on any atom is 0.248 e. The normalized spacial score (nSPS) is 19.9. The summed E-state index contributed by atoms with van der Waals surface area (Å²) in [6.45, 7) is 5.41. The van der Waals surface area contributed by atoms with Crippen molar-refractivity contribution >= 4 is 17.5 Å². The average molecular weight is 464 g/mol. The predicted octanol–water partition coefficient (Wildman–Crippen LogP) is 4.38. The minimum Gasteiger partial charge on any atom is -0.489 e. The van der Waals surface area contributed by atoms with Gasteiger partial charge in [-0.15, -0.1) is 0 Å². The first-order chi connectivity index (χ1) is 16.4. The summed E-state index contributed by atoms with van der Waals surface area (Å²) in [6.07, 6.45) is 5.54. The first-order valence-electron chi connectivity index (χ1n) is 12.6. The highest BCUT2D eigenvalue weighted by atomic mass is 16.5. The van der Waals surface area contributed by atoms with E-state index < -0.39 is 6.04 Å². The van der Waals surface area contributed by atoms with Crippen LogP contribution in [0.5, 0.6) is 5.75 Å². The molecule has 4 rings (SSSR count). The van der Waals surface area contributed by atoms with Gasteiger partial charge in [-0.05, 0) is 47.9 Å². The number of carbonyl (C=O) groups excluding carboxylic acids is 2. The SMILES string of the molecule is CC(C)c1ccc(CN2C(=O)[C@@H](NC[C@H](C(N)=O)C3CCCCC3)COc3ccccc32)cc1. The number of hydrogen-bond acceptors (Lipinski definition) is 4. The molecule has 0 bridgehead atoms. The lowest BCUT2D eigenvalue weighted by atomic mass is 9.79. The van der Waals surface area contributed by atoms with Crippen LogP contribution in [-0.4, -0.2) is 31.0 Å². The van der Waals surface area contributed by atoms with Crippen LogP contribution in [0.3, 0.4) is 0 Å². The first kappa shape index (κ1) is 24.3. The highest BCUT2D eigenvalue weighted by molar-refractivity contribution is 5.99. The van der Waals surface area contributed by atoms with E-state index in [-0.39, 0.29) is 30.3 Å². The number of carbonyl (C=O) groups is 2. The van der Waals surface area contributed by atoms with Gasteiger partial charge in [0.25, 0.3) is 0 Å². The van der Waals surface area contributed by atoms with Crippen molar-refractivity contribution in [2.45, 2.75) is 64.5 Å². The van der Waals surface area contributed by atoms with Crippen LogP contribution in [0.25, 0.3) is 0 Å². The van der Waals surface area contributed by atoms with Gasteiger partial charge < -0.3 is 20.7 Å². The van der Waals surface area contributed by atoms with Crippen LogP contribution in [0.4, 0.5) is 5.69 Å². The number of hydrogen-bond donors (Lipinski definition) is 2. The number of benzene rings is 2. The number of rotatable bonds is 8. The summed E-state index contributed by atoms with van der Waals surface area (Å²) in [7, 11) is 0. The van der Waals surface area contributed by atoms with Crippen molar-refractivity contribution in [2.24, 2.45) is 17.6 Å². The topological polar surface area (TPSA) is 84.7 Å². The summed E-state index contributed by atoms with van der Waals surface area (Å²) < 4.78 is 6.05. The monoisotopic (exact) mass is 463 g/mol. The van der Waals surface area contributed by atoms with E-state index in [1.807, 2.05) is 24.3 Å². The molecule has 0 saturated heterocycles. The van der Waals surface area contributed by atoms with Crippen LogP contribution in [0.1, 0.15) is 63.0 Å². The maximum atomic E-state index is 13.7. The Kier molecular flexibility index (Phi) is 7.88. The maximum absolute atomic E-state index is 13.7. The Morgan fingerprint density at radius 2 is 1.79 bits per heavy atom. The van der Waals surface area contributed by atoms with Crippen molar-refractivity contribution in [3.05, 3.63) is 59.7 Å². The van der Waals surface area contributed by atoms with Gasteiger partial charge in [0.15, 0.2) is 0 Å². The second-order valence-electron chi connectivity index (χ2n) is 9.97. The minimum absolute atomic E-state index is 0.0512. The Balaban J connectivity index is 1.52. The molecule has 1 heterocycles. The Morgan fingerprint density at radius 1 is 1.09 bits per heavy atom. The first-order valence-corrected chi connectivity index (χ1v) is 12.6. The molecule has 1 saturated carbocycles. The summed E-state index contributed by atoms with van der Waals surface area (Å²) in [5.41, 5.74) is 8.88. The van der Waals surface area contributed by atoms with Gasteiger partial charge in [-0.3, -0.25) is 9.59 Å². The predicted molar refractivity (Wildman–Crippen MR) is 135 cm³/mol. The number of nitrogens with zero attached hydrogens (tertiary/aromatic N) is 1. The van der Waals surface area contributed by atoms with Crippen LogP contribution < -0.4 is 20.7 Å². The Bertz CT molecular complexity index is 983. The fourth-order valence-corrected chi connectivity index (χ4v) is 5.16. The van der Waals surface area contributed by atoms with E-state index in [1.165, 1.54) is 12.0 Å². The third kappa shape index (κ3) is 5.61.